The highest BCUT2D eigenvalue weighted by molar-refractivity contribution is 4.81. The van der Waals surface area contributed by atoms with Crippen molar-refractivity contribution in [1.29, 1.82) is 0 Å². The number of hydrogen-bond donors (Lipinski definition) is 2. The van der Waals surface area contributed by atoms with E-state index in [0.717, 1.165) is 18.9 Å². The van der Waals surface area contributed by atoms with E-state index in [9.17, 15) is 5.11 Å². The maximum atomic E-state index is 9.70. The Morgan fingerprint density at radius 2 is 2.07 bits per heavy atom. The molecule has 0 aromatic rings. The Bertz CT molecular complexity index is 158. The topological polar surface area (TPSA) is 32.3 Å². The Labute approximate surface area is 88.1 Å². The Hall–Kier alpha value is -0.0800. The van der Waals surface area contributed by atoms with Gasteiger partial charge in [-0.15, -0.1) is 0 Å². The number of nitrogens with one attached hydrogen (secondary N) is 1. The van der Waals surface area contributed by atoms with Gasteiger partial charge in [0.2, 0.25) is 0 Å². The van der Waals surface area contributed by atoms with Crippen LogP contribution < -0.4 is 5.32 Å². The van der Waals surface area contributed by atoms with Gasteiger partial charge in [-0.3, -0.25) is 0 Å². The number of rotatable bonds is 5. The predicted octanol–water partition coefficient (Wildman–Crippen LogP) is 2.17. The molecule has 2 N–H and O–H groups in total. The van der Waals surface area contributed by atoms with Crippen LogP contribution in [0.3, 0.4) is 0 Å². The van der Waals surface area contributed by atoms with Crippen LogP contribution >= 0.6 is 0 Å². The van der Waals surface area contributed by atoms with Gasteiger partial charge in [-0.2, -0.15) is 0 Å². The summed E-state index contributed by atoms with van der Waals surface area (Å²) in [5.74, 6) is 1.38. The Kier molecular flexibility index (Phi) is 4.90. The molecule has 0 aromatic heterocycles. The van der Waals surface area contributed by atoms with Crippen LogP contribution in [0, 0.1) is 11.8 Å². The zero-order valence-corrected chi connectivity index (χ0v) is 9.79. The highest BCUT2D eigenvalue weighted by atomic mass is 16.3. The first-order valence-electron chi connectivity index (χ1n) is 6.01. The molecule has 0 amide bonds. The van der Waals surface area contributed by atoms with Gasteiger partial charge in [0.05, 0.1) is 6.10 Å². The maximum Gasteiger partial charge on any atom is 0.0667 e. The summed E-state index contributed by atoms with van der Waals surface area (Å²) in [6.45, 7) is 7.38. The maximum absolute atomic E-state index is 9.70. The van der Waals surface area contributed by atoms with E-state index in [0.29, 0.717) is 12.0 Å². The lowest BCUT2D eigenvalue weighted by Crippen LogP contribution is -2.37. The lowest BCUT2D eigenvalue weighted by Gasteiger charge is -2.20. The van der Waals surface area contributed by atoms with Crippen molar-refractivity contribution in [2.24, 2.45) is 11.8 Å². The van der Waals surface area contributed by atoms with Crippen LogP contribution in [0.1, 0.15) is 46.5 Å². The third kappa shape index (κ3) is 3.97. The summed E-state index contributed by atoms with van der Waals surface area (Å²) in [6, 6.07) is 0.650. The standard InChI is InChI=1S/C12H25NO/c1-9(2)7-11(14)8-13-12-6-4-5-10(12)3/h9-14H,4-8H2,1-3H3. The fourth-order valence-corrected chi connectivity index (χ4v) is 2.36. The van der Waals surface area contributed by atoms with E-state index < -0.39 is 0 Å². The van der Waals surface area contributed by atoms with E-state index >= 15 is 0 Å². The second-order valence-electron chi connectivity index (χ2n) is 5.21. The van der Waals surface area contributed by atoms with Crippen molar-refractivity contribution < 1.29 is 5.11 Å². The summed E-state index contributed by atoms with van der Waals surface area (Å²) in [5, 5.41) is 13.2. The van der Waals surface area contributed by atoms with Crippen LogP contribution in [-0.4, -0.2) is 23.8 Å². The van der Waals surface area contributed by atoms with Crippen LogP contribution in [-0.2, 0) is 0 Å². The van der Waals surface area contributed by atoms with E-state index in [4.69, 9.17) is 0 Å². The van der Waals surface area contributed by atoms with E-state index in [2.05, 4.69) is 26.1 Å². The largest absolute Gasteiger partial charge is 0.392 e. The third-order valence-electron chi connectivity index (χ3n) is 3.22. The van der Waals surface area contributed by atoms with Gasteiger partial charge < -0.3 is 10.4 Å². The number of hydrogen-bond acceptors (Lipinski definition) is 2. The molecule has 0 saturated heterocycles. The molecule has 14 heavy (non-hydrogen) atoms. The zero-order valence-electron chi connectivity index (χ0n) is 9.79. The molecule has 1 saturated carbocycles. The minimum absolute atomic E-state index is 0.164. The predicted molar refractivity (Wildman–Crippen MR) is 60.3 cm³/mol. The fourth-order valence-electron chi connectivity index (χ4n) is 2.36. The monoisotopic (exact) mass is 199 g/mol. The normalized spacial score (nSPS) is 29.8. The SMILES string of the molecule is CC(C)CC(O)CNC1CCCC1C. The first-order valence-corrected chi connectivity index (χ1v) is 6.01. The highest BCUT2D eigenvalue weighted by Gasteiger charge is 2.23. The van der Waals surface area contributed by atoms with Crippen molar-refractivity contribution in [3.63, 3.8) is 0 Å². The minimum atomic E-state index is -0.164. The van der Waals surface area contributed by atoms with Crippen molar-refractivity contribution in [3.05, 3.63) is 0 Å². The molecule has 84 valence electrons. The van der Waals surface area contributed by atoms with E-state index in [1.54, 1.807) is 0 Å². The Morgan fingerprint density at radius 3 is 2.57 bits per heavy atom. The van der Waals surface area contributed by atoms with Crippen LogP contribution in [0.25, 0.3) is 0 Å². The third-order valence-corrected chi connectivity index (χ3v) is 3.22. The smallest absolute Gasteiger partial charge is 0.0667 e. The van der Waals surface area contributed by atoms with Crippen LogP contribution in [0.2, 0.25) is 0 Å². The lowest BCUT2D eigenvalue weighted by molar-refractivity contribution is 0.140. The molecule has 3 atom stereocenters. The molecule has 1 rings (SSSR count). The molecule has 1 aliphatic rings. The quantitative estimate of drug-likeness (QED) is 0.711. The fraction of sp³-hybridized carbons (Fsp3) is 1.00. The van der Waals surface area contributed by atoms with Crippen LogP contribution in [0.5, 0.6) is 0 Å². The van der Waals surface area contributed by atoms with Gasteiger partial charge in [0.25, 0.3) is 0 Å². The molecule has 1 aliphatic carbocycles. The first-order chi connectivity index (χ1) is 6.59. The minimum Gasteiger partial charge on any atom is -0.392 e. The second-order valence-corrected chi connectivity index (χ2v) is 5.21. The van der Waals surface area contributed by atoms with Gasteiger partial charge in [0.15, 0.2) is 0 Å². The zero-order chi connectivity index (χ0) is 10.6. The molecule has 0 radical (unpaired) electrons. The van der Waals surface area contributed by atoms with E-state index in [1.165, 1.54) is 19.3 Å². The summed E-state index contributed by atoms with van der Waals surface area (Å²) in [5.41, 5.74) is 0. The summed E-state index contributed by atoms with van der Waals surface area (Å²) >= 11 is 0. The average Bonchev–Trinajstić information content (AvgIpc) is 2.46. The molecule has 2 heteroatoms. The molecule has 1 fully saturated rings. The lowest BCUT2D eigenvalue weighted by atomic mass is 10.0. The van der Waals surface area contributed by atoms with Gasteiger partial charge in [-0.1, -0.05) is 27.2 Å². The summed E-state index contributed by atoms with van der Waals surface area (Å²) in [7, 11) is 0. The molecule has 0 bridgehead atoms. The number of aliphatic hydroxyl groups excluding tert-OH is 1. The van der Waals surface area contributed by atoms with Crippen LogP contribution in [0.4, 0.5) is 0 Å². The first kappa shape index (κ1) is 12.0. The van der Waals surface area contributed by atoms with Crippen molar-refractivity contribution in [1.82, 2.24) is 5.32 Å². The highest BCUT2D eigenvalue weighted by Crippen LogP contribution is 2.24. The molecular weight excluding hydrogens is 174 g/mol. The molecular formula is C12H25NO. The van der Waals surface area contributed by atoms with Gasteiger partial charge in [0, 0.05) is 12.6 Å². The molecule has 2 nitrogen and oxygen atoms in total. The van der Waals surface area contributed by atoms with Gasteiger partial charge >= 0.3 is 0 Å². The van der Waals surface area contributed by atoms with Crippen molar-refractivity contribution in [2.75, 3.05) is 6.54 Å². The molecule has 3 unspecified atom stereocenters. The molecule has 0 aromatic carbocycles. The van der Waals surface area contributed by atoms with E-state index in [-0.39, 0.29) is 6.10 Å². The second kappa shape index (κ2) is 5.72. The van der Waals surface area contributed by atoms with Gasteiger partial charge in [-0.25, -0.2) is 0 Å². The van der Waals surface area contributed by atoms with Crippen molar-refractivity contribution >= 4 is 0 Å². The Morgan fingerprint density at radius 1 is 1.36 bits per heavy atom. The molecule has 0 spiro atoms. The van der Waals surface area contributed by atoms with Crippen molar-refractivity contribution in [2.45, 2.75) is 58.6 Å². The summed E-state index contributed by atoms with van der Waals surface area (Å²) in [6.07, 6.45) is 4.73. The summed E-state index contributed by atoms with van der Waals surface area (Å²) in [4.78, 5) is 0. The molecule has 0 aliphatic heterocycles. The van der Waals surface area contributed by atoms with E-state index in [1.807, 2.05) is 0 Å². The van der Waals surface area contributed by atoms with Crippen LogP contribution in [0.15, 0.2) is 0 Å². The van der Waals surface area contributed by atoms with Gasteiger partial charge in [0.1, 0.15) is 0 Å². The van der Waals surface area contributed by atoms with Gasteiger partial charge in [-0.05, 0) is 31.1 Å². The average molecular weight is 199 g/mol. The molecule has 0 heterocycles. The Balaban J connectivity index is 2.13. The summed E-state index contributed by atoms with van der Waals surface area (Å²) < 4.78 is 0. The van der Waals surface area contributed by atoms with Crippen molar-refractivity contribution in [3.8, 4) is 0 Å². The number of aliphatic hydroxyl groups is 1.